The molecule has 0 unspecified atom stereocenters. The third kappa shape index (κ3) is 5.13. The summed E-state index contributed by atoms with van der Waals surface area (Å²) >= 11 is 0. The predicted octanol–water partition coefficient (Wildman–Crippen LogP) is -0.465. The maximum atomic E-state index is 11.7. The summed E-state index contributed by atoms with van der Waals surface area (Å²) in [5, 5.41) is 2.55. The molecule has 1 aromatic carbocycles. The van der Waals surface area contributed by atoms with Gasteiger partial charge >= 0.3 is 0 Å². The predicted molar refractivity (Wildman–Crippen MR) is 97.1 cm³/mol. The number of aromatic nitrogens is 2. The van der Waals surface area contributed by atoms with E-state index < -0.39 is 0 Å². The molecule has 2 N–H and O–H groups in total. The summed E-state index contributed by atoms with van der Waals surface area (Å²) in [6.45, 7) is 2.28. The van der Waals surface area contributed by atoms with E-state index in [0.29, 0.717) is 0 Å². The number of aryl methyl sites for hydroxylation is 2. The van der Waals surface area contributed by atoms with Crippen LogP contribution in [0.1, 0.15) is 12.5 Å². The number of aromatic amines is 1. The molecule has 6 heteroatoms. The molecule has 0 saturated carbocycles. The van der Waals surface area contributed by atoms with E-state index >= 15 is 0 Å². The fourth-order valence-corrected chi connectivity index (χ4v) is 2.63. The number of nitrogens with one attached hydrogen (secondary N) is 2. The second-order valence-electron chi connectivity index (χ2n) is 5.87. The van der Waals surface area contributed by atoms with Crippen LogP contribution < -0.4 is 32.4 Å². The number of hydrogen-bond acceptors (Lipinski definition) is 2. The van der Waals surface area contributed by atoms with Crippen LogP contribution in [0.3, 0.4) is 0 Å². The Morgan fingerprint density at radius 2 is 1.77 bits per heavy atom. The highest BCUT2D eigenvalue weighted by molar-refractivity contribution is 5.89. The number of pyridine rings is 2. The molecule has 0 saturated heterocycles. The van der Waals surface area contributed by atoms with Crippen molar-refractivity contribution in [2.24, 2.45) is 0 Å². The van der Waals surface area contributed by atoms with Crippen LogP contribution in [0.25, 0.3) is 11.1 Å². The Morgan fingerprint density at radius 1 is 1.08 bits per heavy atom. The number of rotatable bonds is 5. The second-order valence-corrected chi connectivity index (χ2v) is 5.87. The van der Waals surface area contributed by atoms with Crippen LogP contribution >= 0.6 is 0 Å². The number of nitrogens with zero attached hydrogens (tertiary/aromatic N) is 1. The van der Waals surface area contributed by atoms with E-state index in [4.69, 9.17) is 0 Å². The van der Waals surface area contributed by atoms with Crippen LogP contribution in [-0.2, 0) is 17.8 Å². The van der Waals surface area contributed by atoms with Crippen LogP contribution in [0, 0.1) is 0 Å². The van der Waals surface area contributed by atoms with Crippen molar-refractivity contribution in [2.75, 3.05) is 5.32 Å². The van der Waals surface area contributed by atoms with Gasteiger partial charge in [-0.3, -0.25) is 9.59 Å². The quantitative estimate of drug-likeness (QED) is 0.555. The zero-order valence-electron chi connectivity index (χ0n) is 14.4. The first-order valence-electron chi connectivity index (χ1n) is 8.15. The summed E-state index contributed by atoms with van der Waals surface area (Å²) in [5.74, 6) is -0.269. The Labute approximate surface area is 162 Å². The minimum absolute atomic E-state index is 0. The molecule has 0 atom stereocenters. The van der Waals surface area contributed by atoms with Gasteiger partial charge in [0.2, 0.25) is 5.91 Å². The first-order chi connectivity index (χ1) is 12.1. The maximum absolute atomic E-state index is 11.7. The van der Waals surface area contributed by atoms with Crippen molar-refractivity contribution in [1.82, 2.24) is 4.98 Å². The first-order valence-corrected chi connectivity index (χ1v) is 8.15. The normalized spacial score (nSPS) is 10.0. The zero-order chi connectivity index (χ0) is 17.6. The largest absolute Gasteiger partial charge is 1.00 e. The molecule has 3 rings (SSSR count). The SMILES string of the molecule is CC(=O)Nc1cc(-c2cc[n+](CCc3ccccc3)cc2)c[nH]c1=O.[Br-]. The molecule has 0 fully saturated rings. The monoisotopic (exact) mass is 413 g/mol. The van der Waals surface area contributed by atoms with E-state index in [2.05, 4.69) is 27.0 Å². The summed E-state index contributed by atoms with van der Waals surface area (Å²) in [7, 11) is 0. The Balaban J connectivity index is 0.00000243. The van der Waals surface area contributed by atoms with Gasteiger partial charge in [0.05, 0.1) is 0 Å². The number of halogens is 1. The van der Waals surface area contributed by atoms with Crippen molar-refractivity contribution in [1.29, 1.82) is 0 Å². The fraction of sp³-hybridized carbons (Fsp3) is 0.150. The lowest BCUT2D eigenvalue weighted by Gasteiger charge is -2.05. The van der Waals surface area contributed by atoms with Crippen LogP contribution in [0.4, 0.5) is 5.69 Å². The molecular formula is C20H20BrN3O2. The van der Waals surface area contributed by atoms with Crippen LogP contribution in [0.5, 0.6) is 0 Å². The maximum Gasteiger partial charge on any atom is 0.271 e. The highest BCUT2D eigenvalue weighted by Gasteiger charge is 2.07. The Hall–Kier alpha value is -2.73. The van der Waals surface area contributed by atoms with Gasteiger partial charge < -0.3 is 27.3 Å². The number of anilines is 1. The average Bonchev–Trinajstić information content (AvgIpc) is 2.63. The minimum atomic E-state index is -0.312. The molecule has 0 aliphatic carbocycles. The van der Waals surface area contributed by atoms with Crippen molar-refractivity contribution < 1.29 is 26.3 Å². The zero-order valence-corrected chi connectivity index (χ0v) is 16.0. The molecule has 0 spiro atoms. The Kier molecular flexibility index (Phi) is 6.86. The molecule has 1 amide bonds. The molecule has 0 aliphatic heterocycles. The van der Waals surface area contributed by atoms with Crippen LogP contribution in [0.2, 0.25) is 0 Å². The van der Waals surface area contributed by atoms with Crippen molar-refractivity contribution in [2.45, 2.75) is 19.9 Å². The van der Waals surface area contributed by atoms with Gasteiger partial charge in [-0.05, 0) is 17.2 Å². The molecule has 0 bridgehead atoms. The number of carbonyl (C=O) groups is 1. The standard InChI is InChI=1S/C20H19N3O2.BrH/c1-15(24)22-19-13-18(14-21-20(19)25)17-8-11-23(12-9-17)10-7-16-5-3-2-4-6-16;/h2-6,8-9,11-14H,7,10H2,1H3,(H,22,24);1H. The van der Waals surface area contributed by atoms with E-state index in [-0.39, 0.29) is 34.1 Å². The van der Waals surface area contributed by atoms with Gasteiger partial charge in [0, 0.05) is 37.2 Å². The van der Waals surface area contributed by atoms with E-state index in [1.165, 1.54) is 12.5 Å². The number of benzene rings is 1. The Bertz CT molecular complexity index is 922. The fourth-order valence-electron chi connectivity index (χ4n) is 2.63. The summed E-state index contributed by atoms with van der Waals surface area (Å²) in [6.07, 6.45) is 6.65. The van der Waals surface area contributed by atoms with Gasteiger partial charge in [0.1, 0.15) is 5.69 Å². The molecule has 0 aliphatic rings. The highest BCUT2D eigenvalue weighted by atomic mass is 79.9. The van der Waals surface area contributed by atoms with E-state index in [1.807, 2.05) is 42.7 Å². The molecule has 26 heavy (non-hydrogen) atoms. The lowest BCUT2D eigenvalue weighted by atomic mass is 10.1. The van der Waals surface area contributed by atoms with E-state index in [9.17, 15) is 9.59 Å². The smallest absolute Gasteiger partial charge is 0.271 e. The van der Waals surface area contributed by atoms with Gasteiger partial charge in [0.25, 0.3) is 5.56 Å². The number of H-pyrrole nitrogens is 1. The van der Waals surface area contributed by atoms with E-state index in [1.54, 1.807) is 12.3 Å². The highest BCUT2D eigenvalue weighted by Crippen LogP contribution is 2.18. The van der Waals surface area contributed by atoms with Gasteiger partial charge in [-0.25, -0.2) is 4.57 Å². The lowest BCUT2D eigenvalue weighted by Crippen LogP contribution is -3.00. The van der Waals surface area contributed by atoms with Gasteiger partial charge in [-0.2, -0.15) is 0 Å². The minimum Gasteiger partial charge on any atom is -1.00 e. The molecule has 2 heterocycles. The van der Waals surface area contributed by atoms with E-state index in [0.717, 1.165) is 24.1 Å². The van der Waals surface area contributed by atoms with Gasteiger partial charge in [-0.15, -0.1) is 0 Å². The summed E-state index contributed by atoms with van der Waals surface area (Å²) < 4.78 is 2.12. The Morgan fingerprint density at radius 3 is 2.42 bits per heavy atom. The molecule has 2 aromatic heterocycles. The first kappa shape index (κ1) is 19.6. The van der Waals surface area contributed by atoms with Crippen LogP contribution in [-0.4, -0.2) is 10.9 Å². The van der Waals surface area contributed by atoms with Crippen molar-refractivity contribution in [3.63, 3.8) is 0 Å². The molecular weight excluding hydrogens is 394 g/mol. The topological polar surface area (TPSA) is 65.8 Å². The van der Waals surface area contributed by atoms with Gasteiger partial charge in [-0.1, -0.05) is 30.3 Å². The van der Waals surface area contributed by atoms with Gasteiger partial charge in [0.15, 0.2) is 18.9 Å². The molecule has 5 nitrogen and oxygen atoms in total. The molecule has 134 valence electrons. The van der Waals surface area contributed by atoms with Crippen molar-refractivity contribution in [3.05, 3.63) is 83.0 Å². The third-order valence-electron chi connectivity index (χ3n) is 3.94. The lowest BCUT2D eigenvalue weighted by molar-refractivity contribution is -0.696. The number of hydrogen-bond donors (Lipinski definition) is 2. The summed E-state index contributed by atoms with van der Waals surface area (Å²) in [4.78, 5) is 25.6. The third-order valence-corrected chi connectivity index (χ3v) is 3.94. The molecule has 0 radical (unpaired) electrons. The summed E-state index contributed by atoms with van der Waals surface area (Å²) in [6, 6.07) is 16.0. The average molecular weight is 414 g/mol. The molecule has 3 aromatic rings. The number of carbonyl (C=O) groups excluding carboxylic acids is 1. The van der Waals surface area contributed by atoms with Crippen molar-refractivity contribution in [3.8, 4) is 11.1 Å². The number of amides is 1. The summed E-state index contributed by atoms with van der Waals surface area (Å²) in [5.41, 5.74) is 3.07. The van der Waals surface area contributed by atoms with Crippen LogP contribution in [0.15, 0.2) is 71.9 Å². The van der Waals surface area contributed by atoms with Crippen molar-refractivity contribution >= 4 is 11.6 Å². The second kappa shape index (κ2) is 9.10.